The van der Waals surface area contributed by atoms with E-state index in [1.807, 2.05) is 18.2 Å². The maximum atomic E-state index is 14.4. The van der Waals surface area contributed by atoms with Crippen LogP contribution in [0.2, 0.25) is 0 Å². The highest BCUT2D eigenvalue weighted by molar-refractivity contribution is 7.71. The van der Waals surface area contributed by atoms with Crippen LogP contribution in [0.25, 0.3) is 10.9 Å². The molecule has 0 bridgehead atoms. The number of piperazine rings is 1. The zero-order valence-electron chi connectivity index (χ0n) is 17.5. The van der Waals surface area contributed by atoms with Crippen molar-refractivity contribution in [3.8, 4) is 0 Å². The molecule has 32 heavy (non-hydrogen) atoms. The van der Waals surface area contributed by atoms with Gasteiger partial charge in [-0.05, 0) is 29.8 Å². The van der Waals surface area contributed by atoms with Crippen molar-refractivity contribution in [2.45, 2.75) is 6.54 Å². The SMILES string of the molecule is CNC(=O)c1ccc(N2CCN(Cc3ccc4c(=S)n(C)c(=O)[nH]c4c3)C(=O)C2)c(F)n1. The normalized spacial score (nSPS) is 14.2. The number of amides is 2. The summed E-state index contributed by atoms with van der Waals surface area (Å²) in [5.41, 5.74) is 1.32. The van der Waals surface area contributed by atoms with Gasteiger partial charge in [0.2, 0.25) is 11.9 Å². The van der Waals surface area contributed by atoms with Gasteiger partial charge in [-0.3, -0.25) is 14.2 Å². The third-order valence-electron chi connectivity index (χ3n) is 5.49. The maximum absolute atomic E-state index is 14.4. The fourth-order valence-corrected chi connectivity index (χ4v) is 3.93. The summed E-state index contributed by atoms with van der Waals surface area (Å²) in [6, 6.07) is 8.41. The average molecular weight is 457 g/mol. The van der Waals surface area contributed by atoms with Crippen LogP contribution in [-0.4, -0.2) is 57.9 Å². The second-order valence-electron chi connectivity index (χ2n) is 7.50. The molecule has 0 unspecified atom stereocenters. The number of nitrogens with zero attached hydrogens (tertiary/aromatic N) is 4. The molecule has 1 saturated heterocycles. The van der Waals surface area contributed by atoms with Crippen LogP contribution >= 0.6 is 12.2 Å². The minimum atomic E-state index is -0.793. The Morgan fingerprint density at radius 3 is 2.72 bits per heavy atom. The van der Waals surface area contributed by atoms with E-state index in [4.69, 9.17) is 12.2 Å². The van der Waals surface area contributed by atoms with Gasteiger partial charge in [-0.2, -0.15) is 4.39 Å². The predicted octanol–water partition coefficient (Wildman–Crippen LogP) is 1.34. The van der Waals surface area contributed by atoms with E-state index in [1.54, 1.807) is 16.8 Å². The number of carbonyl (C=O) groups excluding carboxylic acids is 2. The zero-order valence-corrected chi connectivity index (χ0v) is 18.3. The fourth-order valence-electron chi connectivity index (χ4n) is 3.67. The first kappa shape index (κ1) is 21.6. The molecule has 0 spiro atoms. The van der Waals surface area contributed by atoms with Crippen molar-refractivity contribution < 1.29 is 14.0 Å². The second-order valence-corrected chi connectivity index (χ2v) is 7.88. The molecular weight excluding hydrogens is 435 g/mol. The van der Waals surface area contributed by atoms with E-state index in [-0.39, 0.29) is 29.5 Å². The Morgan fingerprint density at radius 1 is 1.25 bits per heavy atom. The molecule has 1 aliphatic heterocycles. The summed E-state index contributed by atoms with van der Waals surface area (Å²) in [6.07, 6.45) is 0. The van der Waals surface area contributed by atoms with Gasteiger partial charge in [0.05, 0.1) is 17.7 Å². The lowest BCUT2D eigenvalue weighted by molar-refractivity contribution is -0.131. The minimum absolute atomic E-state index is 0.00548. The van der Waals surface area contributed by atoms with Crippen molar-refractivity contribution in [3.05, 3.63) is 62.7 Å². The van der Waals surface area contributed by atoms with Crippen LogP contribution in [0.1, 0.15) is 16.1 Å². The predicted molar refractivity (Wildman–Crippen MR) is 120 cm³/mol. The molecule has 1 aliphatic rings. The van der Waals surface area contributed by atoms with E-state index in [0.717, 1.165) is 10.9 Å². The van der Waals surface area contributed by atoms with Crippen LogP contribution in [0.15, 0.2) is 35.1 Å². The molecule has 0 atom stereocenters. The van der Waals surface area contributed by atoms with Gasteiger partial charge < -0.3 is 20.1 Å². The minimum Gasteiger partial charge on any atom is -0.357 e. The molecule has 1 aromatic carbocycles. The quantitative estimate of drug-likeness (QED) is 0.454. The Bertz CT molecular complexity index is 1350. The Hall–Kier alpha value is -3.60. The van der Waals surface area contributed by atoms with Crippen molar-refractivity contribution in [3.63, 3.8) is 0 Å². The van der Waals surface area contributed by atoms with Crippen LogP contribution in [0.3, 0.4) is 0 Å². The maximum Gasteiger partial charge on any atom is 0.326 e. The molecule has 2 amide bonds. The van der Waals surface area contributed by atoms with E-state index in [0.29, 0.717) is 29.8 Å². The van der Waals surface area contributed by atoms with E-state index >= 15 is 0 Å². The smallest absolute Gasteiger partial charge is 0.326 e. The number of carbonyl (C=O) groups is 2. The summed E-state index contributed by atoms with van der Waals surface area (Å²) >= 11 is 5.32. The number of hydrogen-bond acceptors (Lipinski definition) is 6. The zero-order chi connectivity index (χ0) is 23.0. The largest absolute Gasteiger partial charge is 0.357 e. The molecule has 2 aromatic heterocycles. The third kappa shape index (κ3) is 3.98. The first-order valence-corrected chi connectivity index (χ1v) is 10.3. The third-order valence-corrected chi connectivity index (χ3v) is 5.98. The van der Waals surface area contributed by atoms with Crippen LogP contribution in [0.5, 0.6) is 0 Å². The van der Waals surface area contributed by atoms with Gasteiger partial charge in [0.15, 0.2) is 0 Å². The number of anilines is 1. The molecule has 0 saturated carbocycles. The highest BCUT2D eigenvalue weighted by atomic mass is 32.1. The number of nitrogens with one attached hydrogen (secondary N) is 2. The standard InChI is InChI=1S/C21H21FN6O3S/c1-23-19(30)14-5-6-16(18(22)24-14)27-7-8-28(17(29)11-27)10-12-3-4-13-15(9-12)25-21(31)26(2)20(13)32/h3-6,9H,7-8,10-11H2,1-2H3,(H,23,30)(H,25,31). The van der Waals surface area contributed by atoms with E-state index in [2.05, 4.69) is 15.3 Å². The number of rotatable bonds is 4. The van der Waals surface area contributed by atoms with Gasteiger partial charge in [-0.1, -0.05) is 18.3 Å². The number of fused-ring (bicyclic) bond motifs is 1. The van der Waals surface area contributed by atoms with Crippen molar-refractivity contribution in [1.29, 1.82) is 0 Å². The van der Waals surface area contributed by atoms with Gasteiger partial charge in [-0.25, -0.2) is 9.78 Å². The van der Waals surface area contributed by atoms with Gasteiger partial charge in [-0.15, -0.1) is 0 Å². The lowest BCUT2D eigenvalue weighted by Gasteiger charge is -2.35. The number of pyridine rings is 1. The van der Waals surface area contributed by atoms with Crippen molar-refractivity contribution in [2.75, 3.05) is 31.6 Å². The van der Waals surface area contributed by atoms with Crippen molar-refractivity contribution in [1.82, 2.24) is 24.8 Å². The second kappa shape index (κ2) is 8.50. The van der Waals surface area contributed by atoms with Crippen molar-refractivity contribution in [2.24, 2.45) is 7.05 Å². The summed E-state index contributed by atoms with van der Waals surface area (Å²) in [5, 5.41) is 3.15. The van der Waals surface area contributed by atoms with E-state index in [9.17, 15) is 18.8 Å². The molecule has 0 radical (unpaired) electrons. The van der Waals surface area contributed by atoms with Crippen molar-refractivity contribution >= 4 is 40.6 Å². The molecule has 0 aliphatic carbocycles. The Balaban J connectivity index is 1.49. The highest BCUT2D eigenvalue weighted by Crippen LogP contribution is 2.22. The molecule has 3 aromatic rings. The van der Waals surface area contributed by atoms with Crippen LogP contribution in [0.4, 0.5) is 10.1 Å². The number of aromatic amines is 1. The van der Waals surface area contributed by atoms with Crippen LogP contribution in [-0.2, 0) is 18.4 Å². The molecular formula is C21H21FN6O3S. The number of aromatic nitrogens is 3. The van der Waals surface area contributed by atoms with Crippen LogP contribution < -0.4 is 15.9 Å². The monoisotopic (exact) mass is 456 g/mol. The van der Waals surface area contributed by atoms with Gasteiger partial charge in [0.1, 0.15) is 10.3 Å². The average Bonchev–Trinajstić information content (AvgIpc) is 2.78. The number of hydrogen-bond donors (Lipinski definition) is 2. The summed E-state index contributed by atoms with van der Waals surface area (Å²) < 4.78 is 16.3. The highest BCUT2D eigenvalue weighted by Gasteiger charge is 2.26. The lowest BCUT2D eigenvalue weighted by atomic mass is 10.1. The molecule has 9 nitrogen and oxygen atoms in total. The molecule has 11 heteroatoms. The summed E-state index contributed by atoms with van der Waals surface area (Å²) in [7, 11) is 3.05. The fraction of sp³-hybridized carbons (Fsp3) is 0.286. The first-order chi connectivity index (χ1) is 15.3. The van der Waals surface area contributed by atoms with Gasteiger partial charge in [0, 0.05) is 39.1 Å². The lowest BCUT2D eigenvalue weighted by Crippen LogP contribution is -2.50. The van der Waals surface area contributed by atoms with Gasteiger partial charge >= 0.3 is 5.69 Å². The number of H-pyrrole nitrogens is 1. The molecule has 2 N–H and O–H groups in total. The Kier molecular flexibility index (Phi) is 5.74. The van der Waals surface area contributed by atoms with Gasteiger partial charge in [0.25, 0.3) is 5.91 Å². The van der Waals surface area contributed by atoms with E-state index < -0.39 is 11.9 Å². The van der Waals surface area contributed by atoms with E-state index in [1.165, 1.54) is 23.7 Å². The molecule has 3 heterocycles. The summed E-state index contributed by atoms with van der Waals surface area (Å²) in [4.78, 5) is 46.1. The molecule has 4 rings (SSSR count). The number of halogens is 1. The molecule has 1 fully saturated rings. The number of benzene rings is 1. The summed E-state index contributed by atoms with van der Waals surface area (Å²) in [5.74, 6) is -1.44. The topological polar surface area (TPSA) is 103 Å². The summed E-state index contributed by atoms with van der Waals surface area (Å²) in [6.45, 7) is 1.16. The Labute approximate surface area is 187 Å². The Morgan fingerprint density at radius 2 is 2.03 bits per heavy atom. The van der Waals surface area contributed by atoms with Crippen LogP contribution in [0, 0.1) is 10.6 Å². The first-order valence-electron chi connectivity index (χ1n) is 9.92. The molecule has 166 valence electrons.